The van der Waals surface area contributed by atoms with E-state index < -0.39 is 41.5 Å². The van der Waals surface area contributed by atoms with Crippen molar-refractivity contribution in [2.75, 3.05) is 11.9 Å². The van der Waals surface area contributed by atoms with E-state index in [1.54, 1.807) is 0 Å². The van der Waals surface area contributed by atoms with Crippen LogP contribution in [0.25, 0.3) is 11.2 Å². The Hall–Kier alpha value is -1.90. The van der Waals surface area contributed by atoms with Crippen molar-refractivity contribution in [3.05, 3.63) is 12.7 Å². The van der Waals surface area contributed by atoms with Crippen LogP contribution in [0.5, 0.6) is 0 Å². The molecule has 0 aromatic carbocycles. The average molecular weight is 445 g/mol. The third kappa shape index (κ3) is 5.22. The molecule has 1 aliphatic rings. The molecule has 0 aliphatic carbocycles. The summed E-state index contributed by atoms with van der Waals surface area (Å²) in [7, 11) is -4.21. The topological polar surface area (TPSA) is 175 Å². The molecule has 30 heavy (non-hydrogen) atoms. The van der Waals surface area contributed by atoms with Crippen molar-refractivity contribution in [3.63, 3.8) is 0 Å². The van der Waals surface area contributed by atoms with E-state index in [1.165, 1.54) is 17.2 Å². The molecule has 0 amide bonds. The Labute approximate surface area is 174 Å². The van der Waals surface area contributed by atoms with Gasteiger partial charge in [-0.3, -0.25) is 8.75 Å². The third-order valence-corrected chi connectivity index (χ3v) is 5.46. The zero-order valence-electron chi connectivity index (χ0n) is 16.9. The average Bonchev–Trinajstić information content (AvgIpc) is 3.22. The number of nitrogens with one attached hydrogen (secondary N) is 1. The monoisotopic (exact) mass is 444 g/mol. The van der Waals surface area contributed by atoms with E-state index in [-0.39, 0.29) is 6.04 Å². The molecule has 168 valence electrons. The van der Waals surface area contributed by atoms with Gasteiger partial charge in [0.05, 0.1) is 12.9 Å². The van der Waals surface area contributed by atoms with Gasteiger partial charge in [-0.2, -0.15) is 8.42 Å². The number of aliphatic hydroxyl groups is 2. The van der Waals surface area contributed by atoms with Crippen LogP contribution < -0.4 is 10.5 Å². The summed E-state index contributed by atoms with van der Waals surface area (Å²) in [5, 5.41) is 28.7. The Morgan fingerprint density at radius 3 is 2.77 bits per heavy atom. The quantitative estimate of drug-likeness (QED) is 0.366. The van der Waals surface area contributed by atoms with Crippen LogP contribution in [0.2, 0.25) is 0 Å². The van der Waals surface area contributed by atoms with Gasteiger partial charge >= 0.3 is 10.3 Å². The lowest BCUT2D eigenvalue weighted by Gasteiger charge is -2.17. The first kappa shape index (κ1) is 22.8. The molecule has 0 spiro atoms. The van der Waals surface area contributed by atoms with Crippen LogP contribution in [0.15, 0.2) is 12.7 Å². The third-order valence-electron chi connectivity index (χ3n) is 4.99. The number of aromatic nitrogens is 4. The maximum Gasteiger partial charge on any atom is 0.333 e. The van der Waals surface area contributed by atoms with Crippen LogP contribution in [0.1, 0.15) is 45.8 Å². The van der Waals surface area contributed by atoms with Crippen molar-refractivity contribution >= 4 is 27.3 Å². The number of hydrogen-bond acceptors (Lipinski definition) is 10. The first-order valence-corrected chi connectivity index (χ1v) is 11.3. The normalized spacial score (nSPS) is 25.6. The van der Waals surface area contributed by atoms with Crippen LogP contribution in [0, 0.1) is 0 Å². The summed E-state index contributed by atoms with van der Waals surface area (Å²) in [6, 6.07) is 0.190. The SMILES string of the molecule is CCCCCC(C)Nc1ncnc2c1ncn2[C@@H]1O[C@H](COS(N)(=O)=O)[C@@H](O)[C@H]1O. The van der Waals surface area contributed by atoms with Gasteiger partial charge in [-0.05, 0) is 13.3 Å². The molecule has 3 rings (SSSR count). The largest absolute Gasteiger partial charge is 0.387 e. The van der Waals surface area contributed by atoms with Gasteiger partial charge in [0, 0.05) is 6.04 Å². The summed E-state index contributed by atoms with van der Waals surface area (Å²) in [6.45, 7) is 3.69. The Balaban J connectivity index is 1.77. The van der Waals surface area contributed by atoms with Crippen molar-refractivity contribution in [2.24, 2.45) is 5.14 Å². The molecule has 13 heteroatoms. The maximum absolute atomic E-state index is 11.0. The number of fused-ring (bicyclic) bond motifs is 1. The smallest absolute Gasteiger partial charge is 0.333 e. The Morgan fingerprint density at radius 2 is 2.07 bits per heavy atom. The van der Waals surface area contributed by atoms with Gasteiger partial charge in [0.25, 0.3) is 0 Å². The van der Waals surface area contributed by atoms with E-state index in [0.717, 1.165) is 25.7 Å². The molecule has 1 aliphatic heterocycles. The highest BCUT2D eigenvalue weighted by molar-refractivity contribution is 7.84. The molecule has 3 heterocycles. The number of anilines is 1. The molecule has 12 nitrogen and oxygen atoms in total. The predicted octanol–water partition coefficient (Wildman–Crippen LogP) is 0.0463. The fourth-order valence-electron chi connectivity index (χ4n) is 3.41. The molecule has 1 unspecified atom stereocenters. The number of nitrogens with two attached hydrogens (primary N) is 1. The first-order chi connectivity index (χ1) is 14.2. The molecule has 1 fully saturated rings. The van der Waals surface area contributed by atoms with Gasteiger partial charge < -0.3 is 20.3 Å². The van der Waals surface area contributed by atoms with Crippen molar-refractivity contribution in [3.8, 4) is 0 Å². The van der Waals surface area contributed by atoms with Crippen molar-refractivity contribution < 1.29 is 27.6 Å². The lowest BCUT2D eigenvalue weighted by molar-refractivity contribution is -0.0467. The van der Waals surface area contributed by atoms with E-state index in [1.807, 2.05) is 0 Å². The van der Waals surface area contributed by atoms with Gasteiger partial charge in [0.1, 0.15) is 24.6 Å². The second-order valence-electron chi connectivity index (χ2n) is 7.41. The fourth-order valence-corrected chi connectivity index (χ4v) is 3.73. The molecule has 0 saturated carbocycles. The second-order valence-corrected chi connectivity index (χ2v) is 8.63. The molecular weight excluding hydrogens is 416 g/mol. The summed E-state index contributed by atoms with van der Waals surface area (Å²) >= 11 is 0. The summed E-state index contributed by atoms with van der Waals surface area (Å²) in [5.74, 6) is 0.560. The minimum absolute atomic E-state index is 0.190. The second kappa shape index (κ2) is 9.49. The van der Waals surface area contributed by atoms with Crippen molar-refractivity contribution in [1.29, 1.82) is 0 Å². The Morgan fingerprint density at radius 1 is 1.30 bits per heavy atom. The van der Waals surface area contributed by atoms with Gasteiger partial charge in [0.2, 0.25) is 0 Å². The van der Waals surface area contributed by atoms with E-state index in [2.05, 4.69) is 38.3 Å². The number of ether oxygens (including phenoxy) is 1. The Kier molecular flexibility index (Phi) is 7.21. The van der Waals surface area contributed by atoms with E-state index in [9.17, 15) is 18.6 Å². The number of rotatable bonds is 10. The fraction of sp³-hybridized carbons (Fsp3) is 0.706. The number of imidazole rings is 1. The van der Waals surface area contributed by atoms with Gasteiger partial charge in [-0.25, -0.2) is 20.1 Å². The van der Waals surface area contributed by atoms with Crippen LogP contribution in [0.3, 0.4) is 0 Å². The zero-order chi connectivity index (χ0) is 21.9. The lowest BCUT2D eigenvalue weighted by Crippen LogP contribution is -2.35. The number of hydrogen-bond donors (Lipinski definition) is 4. The van der Waals surface area contributed by atoms with Crippen molar-refractivity contribution in [2.45, 2.75) is 70.1 Å². The van der Waals surface area contributed by atoms with Gasteiger partial charge in [-0.1, -0.05) is 26.2 Å². The van der Waals surface area contributed by atoms with Gasteiger partial charge in [-0.15, -0.1) is 0 Å². The highest BCUT2D eigenvalue weighted by atomic mass is 32.2. The van der Waals surface area contributed by atoms with Crippen LogP contribution in [-0.4, -0.2) is 69.1 Å². The molecule has 0 bridgehead atoms. The minimum Gasteiger partial charge on any atom is -0.387 e. The Bertz CT molecular complexity index is 953. The van der Waals surface area contributed by atoms with Crippen LogP contribution in [-0.2, 0) is 19.2 Å². The van der Waals surface area contributed by atoms with Crippen LogP contribution >= 0.6 is 0 Å². The van der Waals surface area contributed by atoms with E-state index in [0.29, 0.717) is 17.0 Å². The molecule has 1 saturated heterocycles. The number of unbranched alkanes of at least 4 members (excludes halogenated alkanes) is 2. The summed E-state index contributed by atoms with van der Waals surface area (Å²) in [5.41, 5.74) is 0.895. The number of aliphatic hydroxyl groups excluding tert-OH is 2. The molecule has 2 aromatic heterocycles. The molecule has 0 radical (unpaired) electrons. The van der Waals surface area contributed by atoms with Crippen molar-refractivity contribution in [1.82, 2.24) is 19.5 Å². The maximum atomic E-state index is 11.0. The molecular formula is C17H28N6O6S. The summed E-state index contributed by atoms with van der Waals surface area (Å²) < 4.78 is 33.5. The zero-order valence-corrected chi connectivity index (χ0v) is 17.7. The molecule has 5 N–H and O–H groups in total. The molecule has 5 atom stereocenters. The van der Waals surface area contributed by atoms with Gasteiger partial charge in [0.15, 0.2) is 23.2 Å². The first-order valence-electron chi connectivity index (χ1n) is 9.84. The highest BCUT2D eigenvalue weighted by Crippen LogP contribution is 2.32. The van der Waals surface area contributed by atoms with E-state index in [4.69, 9.17) is 9.88 Å². The van der Waals surface area contributed by atoms with Crippen LogP contribution in [0.4, 0.5) is 5.82 Å². The summed E-state index contributed by atoms with van der Waals surface area (Å²) in [6.07, 6.45) is 2.34. The van der Waals surface area contributed by atoms with E-state index >= 15 is 0 Å². The standard InChI is InChI=1S/C17H28N6O6S/c1-3-4-5-6-10(2)22-15-12-16(20-8-19-15)23(9-21-12)17-14(25)13(24)11(29-17)7-28-30(18,26)27/h8-11,13-14,17,24-25H,3-7H2,1-2H3,(H2,18,26,27)(H,19,20,22)/t10?,11-,13-,14-,17-/m1/s1. The summed E-state index contributed by atoms with van der Waals surface area (Å²) in [4.78, 5) is 12.8. The molecule has 2 aromatic rings. The highest BCUT2D eigenvalue weighted by Gasteiger charge is 2.45. The minimum atomic E-state index is -4.21. The lowest BCUT2D eigenvalue weighted by atomic mass is 10.1. The number of nitrogens with zero attached hydrogens (tertiary/aromatic N) is 4. The predicted molar refractivity (Wildman–Crippen MR) is 108 cm³/mol.